The number of hydrogen-bond acceptors (Lipinski definition) is 4. The van der Waals surface area contributed by atoms with Gasteiger partial charge in [-0.25, -0.2) is 13.3 Å². The Labute approximate surface area is 159 Å². The Morgan fingerprint density at radius 1 is 1.07 bits per heavy atom. The molecule has 4 heterocycles. The van der Waals surface area contributed by atoms with Crippen LogP contribution in [0.5, 0.6) is 0 Å². The molecule has 1 N–H and O–H groups in total. The third-order valence-corrected chi connectivity index (χ3v) is 5.32. The molecule has 8 heteroatoms. The average molecular weight is 380 g/mol. The number of aromatic nitrogens is 5. The molecule has 0 radical (unpaired) electrons. The molecule has 3 aromatic heterocycles. The molecule has 0 amide bonds. The summed E-state index contributed by atoms with van der Waals surface area (Å²) < 4.78 is 32.8. The van der Waals surface area contributed by atoms with Crippen molar-refractivity contribution in [3.8, 4) is 16.8 Å². The van der Waals surface area contributed by atoms with Crippen LogP contribution in [0.1, 0.15) is 31.1 Å². The Morgan fingerprint density at radius 3 is 2.64 bits per heavy atom. The number of nitrogens with zero attached hydrogens (tertiary/aromatic N) is 5. The summed E-state index contributed by atoms with van der Waals surface area (Å²) in [6.07, 6.45) is 2.89. The van der Waals surface area contributed by atoms with Crippen LogP contribution in [0.4, 0.5) is 14.5 Å². The standard InChI is InChI=1S/C20H18F2N6/c1-10-13(14-7-12(21)9-27-16(14)5-6-23-27)8-15(22)17-18(10)28-11(2)25-26-19(28)20(3,4)24-17/h5-9,24H,1-4H3. The van der Waals surface area contributed by atoms with Crippen LogP contribution < -0.4 is 5.32 Å². The Hall–Kier alpha value is -3.29. The lowest BCUT2D eigenvalue weighted by atomic mass is 9.93. The fraction of sp³-hybridized carbons (Fsp3) is 0.250. The monoisotopic (exact) mass is 380 g/mol. The van der Waals surface area contributed by atoms with Gasteiger partial charge in [0.25, 0.3) is 0 Å². The van der Waals surface area contributed by atoms with Gasteiger partial charge in [0.05, 0.1) is 34.8 Å². The second-order valence-electron chi connectivity index (χ2n) is 7.64. The molecule has 0 aliphatic carbocycles. The van der Waals surface area contributed by atoms with Gasteiger partial charge in [0.15, 0.2) is 5.82 Å². The van der Waals surface area contributed by atoms with Crippen LogP contribution in [0.25, 0.3) is 22.3 Å². The molecule has 0 atom stereocenters. The quantitative estimate of drug-likeness (QED) is 0.539. The van der Waals surface area contributed by atoms with Crippen molar-refractivity contribution in [3.05, 3.63) is 59.4 Å². The van der Waals surface area contributed by atoms with Crippen molar-refractivity contribution in [2.45, 2.75) is 33.2 Å². The van der Waals surface area contributed by atoms with Crippen molar-refractivity contribution in [1.29, 1.82) is 0 Å². The number of anilines is 1. The molecule has 0 spiro atoms. The van der Waals surface area contributed by atoms with E-state index in [4.69, 9.17) is 0 Å². The average Bonchev–Trinajstić information content (AvgIpc) is 3.24. The molecule has 0 saturated heterocycles. The second-order valence-corrected chi connectivity index (χ2v) is 7.64. The third kappa shape index (κ3) is 2.14. The van der Waals surface area contributed by atoms with E-state index in [1.807, 2.05) is 32.3 Å². The summed E-state index contributed by atoms with van der Waals surface area (Å²) in [6.45, 7) is 7.60. The molecule has 1 aliphatic rings. The topological polar surface area (TPSA) is 60.0 Å². The number of aryl methyl sites for hydroxylation is 1. The van der Waals surface area contributed by atoms with Crippen molar-refractivity contribution in [2.75, 3.05) is 5.32 Å². The van der Waals surface area contributed by atoms with Crippen LogP contribution in [0.2, 0.25) is 0 Å². The van der Waals surface area contributed by atoms with Gasteiger partial charge in [0, 0.05) is 5.56 Å². The first-order valence-corrected chi connectivity index (χ1v) is 8.95. The zero-order valence-electron chi connectivity index (χ0n) is 15.9. The minimum absolute atomic E-state index is 0.391. The summed E-state index contributed by atoms with van der Waals surface area (Å²) in [6, 6.07) is 4.64. The highest BCUT2D eigenvalue weighted by atomic mass is 19.1. The molecule has 0 saturated carbocycles. The molecule has 6 nitrogen and oxygen atoms in total. The summed E-state index contributed by atoms with van der Waals surface area (Å²) >= 11 is 0. The molecule has 1 aliphatic heterocycles. The van der Waals surface area contributed by atoms with Gasteiger partial charge in [-0.15, -0.1) is 10.2 Å². The van der Waals surface area contributed by atoms with E-state index in [2.05, 4.69) is 20.6 Å². The fourth-order valence-corrected chi connectivity index (χ4v) is 4.03. The fourth-order valence-electron chi connectivity index (χ4n) is 4.03. The van der Waals surface area contributed by atoms with Crippen molar-refractivity contribution in [3.63, 3.8) is 0 Å². The molecular weight excluding hydrogens is 362 g/mol. The molecule has 0 bridgehead atoms. The Balaban J connectivity index is 1.87. The smallest absolute Gasteiger partial charge is 0.162 e. The first-order valence-electron chi connectivity index (χ1n) is 8.95. The maximum Gasteiger partial charge on any atom is 0.162 e. The van der Waals surface area contributed by atoms with Crippen molar-refractivity contribution in [2.24, 2.45) is 0 Å². The SMILES string of the molecule is Cc1c(-c2cc(F)cn3nccc23)cc(F)c2c1-n1c(C)nnc1C(C)(C)N2. The molecular formula is C20H18F2N6. The highest BCUT2D eigenvalue weighted by Crippen LogP contribution is 2.43. The zero-order chi connectivity index (χ0) is 19.8. The van der Waals surface area contributed by atoms with Crippen LogP contribution in [-0.4, -0.2) is 24.4 Å². The van der Waals surface area contributed by atoms with Gasteiger partial charge in [-0.05, 0) is 57.0 Å². The number of nitrogens with one attached hydrogen (secondary N) is 1. The normalized spacial score (nSPS) is 14.6. The molecule has 0 fully saturated rings. The van der Waals surface area contributed by atoms with Gasteiger partial charge in [-0.2, -0.15) is 5.10 Å². The first-order chi connectivity index (χ1) is 13.3. The van der Waals surface area contributed by atoms with Crippen molar-refractivity contribution in [1.82, 2.24) is 24.4 Å². The van der Waals surface area contributed by atoms with E-state index in [-0.39, 0.29) is 0 Å². The highest BCUT2D eigenvalue weighted by Gasteiger charge is 2.37. The van der Waals surface area contributed by atoms with Crippen LogP contribution >= 0.6 is 0 Å². The molecule has 142 valence electrons. The first kappa shape index (κ1) is 16.9. The maximum absolute atomic E-state index is 15.3. The summed E-state index contributed by atoms with van der Waals surface area (Å²) in [5.41, 5.74) is 3.14. The minimum atomic E-state index is -0.583. The van der Waals surface area contributed by atoms with E-state index in [0.29, 0.717) is 39.7 Å². The maximum atomic E-state index is 15.3. The molecule has 5 rings (SSSR count). The zero-order valence-corrected chi connectivity index (χ0v) is 15.9. The molecule has 1 aromatic carbocycles. The van der Waals surface area contributed by atoms with Gasteiger partial charge in [0.1, 0.15) is 17.5 Å². The lowest BCUT2D eigenvalue weighted by Gasteiger charge is -2.35. The van der Waals surface area contributed by atoms with Gasteiger partial charge in [-0.1, -0.05) is 0 Å². The van der Waals surface area contributed by atoms with E-state index in [9.17, 15) is 4.39 Å². The summed E-state index contributed by atoms with van der Waals surface area (Å²) in [5, 5.41) is 15.8. The number of hydrogen-bond donors (Lipinski definition) is 1. The Kier molecular flexibility index (Phi) is 3.23. The van der Waals surface area contributed by atoms with Gasteiger partial charge in [0.2, 0.25) is 0 Å². The van der Waals surface area contributed by atoms with Gasteiger partial charge < -0.3 is 5.32 Å². The predicted octanol–water partition coefficient (Wildman–Crippen LogP) is 4.14. The summed E-state index contributed by atoms with van der Waals surface area (Å²) in [7, 11) is 0. The van der Waals surface area contributed by atoms with Gasteiger partial charge >= 0.3 is 0 Å². The number of pyridine rings is 1. The van der Waals surface area contributed by atoms with E-state index in [0.717, 1.165) is 5.56 Å². The second kappa shape index (κ2) is 5.37. The van der Waals surface area contributed by atoms with Crippen LogP contribution in [0, 0.1) is 25.5 Å². The van der Waals surface area contributed by atoms with E-state index < -0.39 is 17.2 Å². The predicted molar refractivity (Wildman–Crippen MR) is 102 cm³/mol. The number of halogens is 2. The minimum Gasteiger partial charge on any atom is -0.369 e. The lowest BCUT2D eigenvalue weighted by molar-refractivity contribution is 0.521. The molecule has 28 heavy (non-hydrogen) atoms. The number of fused-ring (bicyclic) bond motifs is 4. The Morgan fingerprint density at radius 2 is 1.86 bits per heavy atom. The van der Waals surface area contributed by atoms with Crippen molar-refractivity contribution < 1.29 is 8.78 Å². The number of rotatable bonds is 1. The largest absolute Gasteiger partial charge is 0.369 e. The summed E-state index contributed by atoms with van der Waals surface area (Å²) in [4.78, 5) is 0. The summed E-state index contributed by atoms with van der Waals surface area (Å²) in [5.74, 6) is 0.513. The third-order valence-electron chi connectivity index (χ3n) is 5.32. The Bertz CT molecular complexity index is 1270. The van der Waals surface area contributed by atoms with Crippen LogP contribution in [0.15, 0.2) is 30.6 Å². The van der Waals surface area contributed by atoms with Crippen LogP contribution in [-0.2, 0) is 5.54 Å². The van der Waals surface area contributed by atoms with Crippen molar-refractivity contribution >= 4 is 11.2 Å². The van der Waals surface area contributed by atoms with E-state index in [1.54, 1.807) is 12.3 Å². The van der Waals surface area contributed by atoms with E-state index in [1.165, 1.54) is 22.8 Å². The molecule has 4 aromatic rings. The lowest BCUT2D eigenvalue weighted by Crippen LogP contribution is -2.37. The highest BCUT2D eigenvalue weighted by molar-refractivity contribution is 5.87. The van der Waals surface area contributed by atoms with E-state index >= 15 is 4.39 Å². The molecule has 0 unspecified atom stereocenters. The van der Waals surface area contributed by atoms with Crippen LogP contribution in [0.3, 0.4) is 0 Å². The van der Waals surface area contributed by atoms with Gasteiger partial charge in [-0.3, -0.25) is 4.57 Å². The number of benzene rings is 1.